The zero-order valence-corrected chi connectivity index (χ0v) is 17.2. The topological polar surface area (TPSA) is 77.2 Å². The molecule has 3 heterocycles. The van der Waals surface area contributed by atoms with Gasteiger partial charge in [-0.05, 0) is 55.8 Å². The summed E-state index contributed by atoms with van der Waals surface area (Å²) in [5.41, 5.74) is 2.55. The zero-order valence-electron chi connectivity index (χ0n) is 16.4. The maximum Gasteiger partial charge on any atom is 0.350 e. The van der Waals surface area contributed by atoms with Crippen molar-refractivity contribution in [2.24, 2.45) is 5.10 Å². The maximum absolute atomic E-state index is 12.2. The quantitative estimate of drug-likeness (QED) is 0.552. The smallest absolute Gasteiger partial charge is 0.350 e. The van der Waals surface area contributed by atoms with E-state index in [0.717, 1.165) is 22.8 Å². The summed E-state index contributed by atoms with van der Waals surface area (Å²) in [4.78, 5) is 17.3. The lowest BCUT2D eigenvalue weighted by Crippen LogP contribution is -2.17. The van der Waals surface area contributed by atoms with Crippen molar-refractivity contribution in [3.05, 3.63) is 64.6 Å². The summed E-state index contributed by atoms with van der Waals surface area (Å²) in [6.45, 7) is 3.91. The Kier molecular flexibility index (Phi) is 5.35. The van der Waals surface area contributed by atoms with Crippen molar-refractivity contribution in [2.45, 2.75) is 26.3 Å². The molecular formula is C21H21N3O4S. The van der Waals surface area contributed by atoms with E-state index >= 15 is 0 Å². The van der Waals surface area contributed by atoms with Crippen LogP contribution in [0.15, 0.2) is 52.2 Å². The van der Waals surface area contributed by atoms with Crippen molar-refractivity contribution in [1.82, 2.24) is 4.98 Å². The number of anilines is 1. The van der Waals surface area contributed by atoms with Crippen LogP contribution in [-0.4, -0.2) is 30.4 Å². The standard InChI is InChI=1S/C21H21N3O4S/c1-4-27-20(25)19-13(2)22-21(29-19)24-17(18-6-5-11-28-18)12-16(23-24)14-7-9-15(26-3)10-8-14/h5-11,17H,4,12H2,1-3H3/t17-/m0/s1. The van der Waals surface area contributed by atoms with Gasteiger partial charge in [-0.25, -0.2) is 14.8 Å². The summed E-state index contributed by atoms with van der Waals surface area (Å²) in [6, 6.07) is 11.4. The van der Waals surface area contributed by atoms with Crippen molar-refractivity contribution in [1.29, 1.82) is 0 Å². The lowest BCUT2D eigenvalue weighted by atomic mass is 10.0. The molecule has 8 heteroatoms. The minimum atomic E-state index is -0.359. The third-order valence-electron chi connectivity index (χ3n) is 4.65. The van der Waals surface area contributed by atoms with Crippen LogP contribution in [0.4, 0.5) is 5.13 Å². The van der Waals surface area contributed by atoms with Crippen LogP contribution < -0.4 is 9.75 Å². The molecule has 0 radical (unpaired) electrons. The molecule has 0 fully saturated rings. The Balaban J connectivity index is 1.70. The van der Waals surface area contributed by atoms with Gasteiger partial charge in [-0.2, -0.15) is 5.10 Å². The van der Waals surface area contributed by atoms with Crippen LogP contribution in [0.3, 0.4) is 0 Å². The molecule has 3 aromatic rings. The van der Waals surface area contributed by atoms with Crippen molar-refractivity contribution in [3.8, 4) is 5.75 Å². The lowest BCUT2D eigenvalue weighted by molar-refractivity contribution is 0.0531. The molecule has 0 saturated heterocycles. The number of rotatable bonds is 6. The molecule has 29 heavy (non-hydrogen) atoms. The molecule has 1 aliphatic rings. The minimum absolute atomic E-state index is 0.136. The Hall–Kier alpha value is -3.13. The number of hydrogen-bond acceptors (Lipinski definition) is 8. The molecule has 150 valence electrons. The number of methoxy groups -OCH3 is 1. The van der Waals surface area contributed by atoms with E-state index in [2.05, 4.69) is 4.98 Å². The number of hydrogen-bond donors (Lipinski definition) is 0. The SMILES string of the molecule is CCOC(=O)c1sc(N2N=C(c3ccc(OC)cc3)C[C@H]2c2ccco2)nc1C. The lowest BCUT2D eigenvalue weighted by Gasteiger charge is -2.18. The van der Waals surface area contributed by atoms with Gasteiger partial charge < -0.3 is 13.9 Å². The van der Waals surface area contributed by atoms with E-state index in [4.69, 9.17) is 19.0 Å². The van der Waals surface area contributed by atoms with Gasteiger partial charge in [0.1, 0.15) is 22.4 Å². The first-order valence-corrected chi connectivity index (χ1v) is 10.1. The molecule has 2 aromatic heterocycles. The maximum atomic E-state index is 12.2. The van der Waals surface area contributed by atoms with Crippen molar-refractivity contribution >= 4 is 28.1 Å². The van der Waals surface area contributed by atoms with Gasteiger partial charge in [0.25, 0.3) is 0 Å². The van der Waals surface area contributed by atoms with Gasteiger partial charge in [-0.1, -0.05) is 11.3 Å². The van der Waals surface area contributed by atoms with E-state index in [0.29, 0.717) is 28.7 Å². The van der Waals surface area contributed by atoms with Crippen LogP contribution in [0.1, 0.15) is 46.1 Å². The van der Waals surface area contributed by atoms with Gasteiger partial charge in [0, 0.05) is 6.42 Å². The Morgan fingerprint density at radius 1 is 1.31 bits per heavy atom. The Labute approximate surface area is 172 Å². The third-order valence-corrected chi connectivity index (χ3v) is 5.77. The number of aromatic nitrogens is 1. The van der Waals surface area contributed by atoms with Gasteiger partial charge in [-0.3, -0.25) is 0 Å². The Morgan fingerprint density at radius 3 is 2.76 bits per heavy atom. The van der Waals surface area contributed by atoms with Crippen LogP contribution in [0, 0.1) is 6.92 Å². The summed E-state index contributed by atoms with van der Waals surface area (Å²) >= 11 is 1.28. The first kappa shape index (κ1) is 19.2. The van der Waals surface area contributed by atoms with E-state index in [1.165, 1.54) is 11.3 Å². The molecule has 0 N–H and O–H groups in total. The number of benzene rings is 1. The number of esters is 1. The molecular weight excluding hydrogens is 390 g/mol. The highest BCUT2D eigenvalue weighted by atomic mass is 32.1. The number of aryl methyl sites for hydroxylation is 1. The zero-order chi connectivity index (χ0) is 20.4. The number of carbonyl (C=O) groups is 1. The fraction of sp³-hybridized carbons (Fsp3) is 0.286. The number of ether oxygens (including phenoxy) is 2. The van der Waals surface area contributed by atoms with E-state index < -0.39 is 0 Å². The highest BCUT2D eigenvalue weighted by Crippen LogP contribution is 2.39. The number of furan rings is 1. The molecule has 1 atom stereocenters. The Bertz CT molecular complexity index is 1020. The molecule has 0 aliphatic carbocycles. The number of thiazole rings is 1. The summed E-state index contributed by atoms with van der Waals surface area (Å²) in [6.07, 6.45) is 2.31. The van der Waals surface area contributed by atoms with E-state index in [1.807, 2.05) is 41.4 Å². The van der Waals surface area contributed by atoms with Crippen LogP contribution in [0.5, 0.6) is 5.75 Å². The van der Waals surface area contributed by atoms with Gasteiger partial charge >= 0.3 is 5.97 Å². The molecule has 0 unspecified atom stereocenters. The summed E-state index contributed by atoms with van der Waals surface area (Å²) < 4.78 is 16.0. The molecule has 0 bridgehead atoms. The first-order valence-electron chi connectivity index (χ1n) is 9.29. The van der Waals surface area contributed by atoms with Gasteiger partial charge in [0.2, 0.25) is 5.13 Å². The summed E-state index contributed by atoms with van der Waals surface area (Å²) in [5.74, 6) is 1.23. The number of nitrogens with zero attached hydrogens (tertiary/aromatic N) is 3. The number of carbonyl (C=O) groups excluding carboxylic acids is 1. The van der Waals surface area contributed by atoms with Crippen molar-refractivity contribution < 1.29 is 18.7 Å². The third kappa shape index (κ3) is 3.75. The first-order chi connectivity index (χ1) is 14.1. The average molecular weight is 411 g/mol. The normalized spacial score (nSPS) is 16.0. The highest BCUT2D eigenvalue weighted by molar-refractivity contribution is 7.17. The molecule has 0 amide bonds. The molecule has 0 saturated carbocycles. The Morgan fingerprint density at radius 2 is 2.10 bits per heavy atom. The minimum Gasteiger partial charge on any atom is -0.497 e. The second-order valence-electron chi connectivity index (χ2n) is 6.49. The summed E-state index contributed by atoms with van der Waals surface area (Å²) in [5, 5.41) is 7.29. The number of hydrazone groups is 1. The van der Waals surface area contributed by atoms with Crippen LogP contribution in [-0.2, 0) is 4.74 Å². The fourth-order valence-corrected chi connectivity index (χ4v) is 4.18. The second kappa shape index (κ2) is 8.08. The van der Waals surface area contributed by atoms with E-state index in [9.17, 15) is 4.79 Å². The fourth-order valence-electron chi connectivity index (χ4n) is 3.21. The van der Waals surface area contributed by atoms with Crippen LogP contribution in [0.25, 0.3) is 0 Å². The van der Waals surface area contributed by atoms with Crippen LogP contribution >= 0.6 is 11.3 Å². The monoisotopic (exact) mass is 411 g/mol. The average Bonchev–Trinajstić information content (AvgIpc) is 3.47. The van der Waals surface area contributed by atoms with Crippen molar-refractivity contribution in [3.63, 3.8) is 0 Å². The predicted molar refractivity (Wildman–Crippen MR) is 111 cm³/mol. The summed E-state index contributed by atoms with van der Waals surface area (Å²) in [7, 11) is 1.64. The van der Waals surface area contributed by atoms with Gasteiger partial charge in [-0.15, -0.1) is 0 Å². The molecule has 7 nitrogen and oxygen atoms in total. The molecule has 1 aromatic carbocycles. The largest absolute Gasteiger partial charge is 0.497 e. The van der Waals surface area contributed by atoms with Crippen LogP contribution in [0.2, 0.25) is 0 Å². The second-order valence-corrected chi connectivity index (χ2v) is 7.46. The van der Waals surface area contributed by atoms with Gasteiger partial charge in [0.15, 0.2) is 0 Å². The van der Waals surface area contributed by atoms with Gasteiger partial charge in [0.05, 0.1) is 31.4 Å². The highest BCUT2D eigenvalue weighted by Gasteiger charge is 2.34. The van der Waals surface area contributed by atoms with E-state index in [1.54, 1.807) is 27.2 Å². The predicted octanol–water partition coefficient (Wildman–Crippen LogP) is 4.59. The molecule has 1 aliphatic heterocycles. The van der Waals surface area contributed by atoms with Crippen molar-refractivity contribution in [2.75, 3.05) is 18.7 Å². The molecule has 4 rings (SSSR count). The molecule has 0 spiro atoms. The van der Waals surface area contributed by atoms with E-state index in [-0.39, 0.29) is 12.0 Å².